The van der Waals surface area contributed by atoms with Crippen LogP contribution in [0, 0.1) is 0 Å². The van der Waals surface area contributed by atoms with Gasteiger partial charge in [-0.2, -0.15) is 0 Å². The van der Waals surface area contributed by atoms with E-state index in [1.807, 2.05) is 48.5 Å². The maximum Gasteiger partial charge on any atom is 0.338 e. The van der Waals surface area contributed by atoms with Gasteiger partial charge in [-0.3, -0.25) is 0 Å². The number of benzene rings is 3. The van der Waals surface area contributed by atoms with Crippen molar-refractivity contribution in [1.82, 2.24) is 0 Å². The summed E-state index contributed by atoms with van der Waals surface area (Å²) in [6.07, 6.45) is 0. The van der Waals surface area contributed by atoms with E-state index in [-0.39, 0.29) is 5.97 Å². The zero-order chi connectivity index (χ0) is 17.8. The van der Waals surface area contributed by atoms with Crippen molar-refractivity contribution < 1.29 is 19.0 Å². The number of carbonyl (C=O) groups is 1. The van der Waals surface area contributed by atoms with Gasteiger partial charge < -0.3 is 14.2 Å². The molecule has 0 heterocycles. The van der Waals surface area contributed by atoms with Gasteiger partial charge in [0.2, 0.25) is 0 Å². The number of rotatable bonds is 5. The van der Waals surface area contributed by atoms with Crippen LogP contribution in [0.25, 0.3) is 21.9 Å². The Labute approximate surface area is 146 Å². The minimum Gasteiger partial charge on any atom is -0.493 e. The molecule has 4 nitrogen and oxygen atoms in total. The van der Waals surface area contributed by atoms with Crippen molar-refractivity contribution in [2.24, 2.45) is 0 Å². The third kappa shape index (κ3) is 3.15. The fourth-order valence-electron chi connectivity index (χ4n) is 2.95. The first-order valence-electron chi connectivity index (χ1n) is 8.10. The molecule has 0 spiro atoms. The van der Waals surface area contributed by atoms with E-state index in [2.05, 4.69) is 0 Å². The monoisotopic (exact) mass is 336 g/mol. The molecule has 0 aliphatic heterocycles. The Bertz CT molecular complexity index is 901. The van der Waals surface area contributed by atoms with Gasteiger partial charge in [-0.25, -0.2) is 4.79 Å². The first-order valence-corrected chi connectivity index (χ1v) is 8.10. The molecule has 0 saturated heterocycles. The lowest BCUT2D eigenvalue weighted by atomic mass is 9.93. The van der Waals surface area contributed by atoms with Gasteiger partial charge in [-0.1, -0.05) is 36.4 Å². The van der Waals surface area contributed by atoms with Crippen LogP contribution in [0.15, 0.2) is 54.6 Å². The van der Waals surface area contributed by atoms with E-state index < -0.39 is 0 Å². The smallest absolute Gasteiger partial charge is 0.338 e. The van der Waals surface area contributed by atoms with Gasteiger partial charge in [-0.15, -0.1) is 0 Å². The summed E-state index contributed by atoms with van der Waals surface area (Å²) >= 11 is 0. The van der Waals surface area contributed by atoms with Gasteiger partial charge in [0.25, 0.3) is 0 Å². The third-order valence-electron chi connectivity index (χ3n) is 4.08. The number of fused-ring (bicyclic) bond motifs is 1. The lowest BCUT2D eigenvalue weighted by molar-refractivity contribution is 0.0527. The first-order chi connectivity index (χ1) is 12.2. The van der Waals surface area contributed by atoms with Crippen LogP contribution in [0.3, 0.4) is 0 Å². The fraction of sp³-hybridized carbons (Fsp3) is 0.190. The van der Waals surface area contributed by atoms with Crippen LogP contribution >= 0.6 is 0 Å². The van der Waals surface area contributed by atoms with Crippen molar-refractivity contribution >= 4 is 16.7 Å². The van der Waals surface area contributed by atoms with E-state index in [4.69, 9.17) is 14.2 Å². The number of hydrogen-bond donors (Lipinski definition) is 0. The first kappa shape index (κ1) is 16.8. The molecule has 0 amide bonds. The molecule has 3 aromatic carbocycles. The highest BCUT2D eigenvalue weighted by molar-refractivity contribution is 6.09. The molecule has 0 N–H and O–H groups in total. The number of ether oxygens (including phenoxy) is 3. The molecule has 128 valence electrons. The maximum absolute atomic E-state index is 12.5. The molecule has 3 rings (SSSR count). The predicted molar refractivity (Wildman–Crippen MR) is 98.4 cm³/mol. The topological polar surface area (TPSA) is 44.8 Å². The van der Waals surface area contributed by atoms with Crippen molar-refractivity contribution in [1.29, 1.82) is 0 Å². The summed E-state index contributed by atoms with van der Waals surface area (Å²) in [7, 11) is 3.20. The Hall–Kier alpha value is -3.01. The van der Waals surface area contributed by atoms with Crippen molar-refractivity contribution in [2.45, 2.75) is 6.92 Å². The quantitative estimate of drug-likeness (QED) is 0.634. The average Bonchev–Trinajstić information content (AvgIpc) is 2.66. The van der Waals surface area contributed by atoms with Crippen LogP contribution in [0.2, 0.25) is 0 Å². The summed E-state index contributed by atoms with van der Waals surface area (Å²) in [6, 6.07) is 17.3. The van der Waals surface area contributed by atoms with Crippen LogP contribution in [0.4, 0.5) is 0 Å². The molecule has 0 aliphatic rings. The van der Waals surface area contributed by atoms with Crippen molar-refractivity contribution in [3.05, 3.63) is 60.2 Å². The van der Waals surface area contributed by atoms with Crippen LogP contribution in [0.5, 0.6) is 11.5 Å². The Morgan fingerprint density at radius 3 is 2.24 bits per heavy atom. The fourth-order valence-corrected chi connectivity index (χ4v) is 2.95. The number of methoxy groups -OCH3 is 2. The van der Waals surface area contributed by atoms with E-state index in [9.17, 15) is 4.79 Å². The largest absolute Gasteiger partial charge is 0.493 e. The van der Waals surface area contributed by atoms with Crippen molar-refractivity contribution in [2.75, 3.05) is 20.8 Å². The zero-order valence-corrected chi connectivity index (χ0v) is 14.5. The van der Waals surface area contributed by atoms with Gasteiger partial charge in [-0.05, 0) is 41.5 Å². The Kier molecular flexibility index (Phi) is 4.89. The van der Waals surface area contributed by atoms with Gasteiger partial charge in [0.1, 0.15) is 0 Å². The minimum absolute atomic E-state index is 0.330. The molecule has 0 radical (unpaired) electrons. The van der Waals surface area contributed by atoms with E-state index >= 15 is 0 Å². The van der Waals surface area contributed by atoms with Gasteiger partial charge >= 0.3 is 5.97 Å². The predicted octanol–water partition coefficient (Wildman–Crippen LogP) is 4.70. The van der Waals surface area contributed by atoms with E-state index in [1.54, 1.807) is 27.2 Å². The summed E-state index contributed by atoms with van der Waals surface area (Å²) in [6.45, 7) is 2.13. The highest BCUT2D eigenvalue weighted by Crippen LogP contribution is 2.39. The molecule has 0 fully saturated rings. The molecule has 4 heteroatoms. The van der Waals surface area contributed by atoms with Crippen LogP contribution < -0.4 is 9.47 Å². The van der Waals surface area contributed by atoms with Gasteiger partial charge in [0.05, 0.1) is 26.4 Å². The second-order valence-electron chi connectivity index (χ2n) is 5.50. The van der Waals surface area contributed by atoms with E-state index in [0.29, 0.717) is 23.7 Å². The van der Waals surface area contributed by atoms with Gasteiger partial charge in [0, 0.05) is 5.56 Å². The minimum atomic E-state index is -0.335. The second-order valence-corrected chi connectivity index (χ2v) is 5.50. The summed E-state index contributed by atoms with van der Waals surface area (Å²) in [4.78, 5) is 12.5. The molecule has 0 bridgehead atoms. The molecule has 0 aromatic heterocycles. The molecular formula is C21H20O4. The highest BCUT2D eigenvalue weighted by Gasteiger charge is 2.18. The standard InChI is InChI=1S/C21H20O4/c1-4-25-21(22)16-11-10-15-12-18(23-2)19(24-3)13-17(15)20(16)14-8-6-5-7-9-14/h5-13H,4H2,1-3H3. The lowest BCUT2D eigenvalue weighted by Crippen LogP contribution is -2.07. The number of hydrogen-bond acceptors (Lipinski definition) is 4. The van der Waals surface area contributed by atoms with E-state index in [1.165, 1.54) is 0 Å². The summed E-state index contributed by atoms with van der Waals surface area (Å²) < 4.78 is 16.1. The summed E-state index contributed by atoms with van der Waals surface area (Å²) in [5, 5.41) is 1.87. The molecule has 0 saturated carbocycles. The maximum atomic E-state index is 12.5. The van der Waals surface area contributed by atoms with E-state index in [0.717, 1.165) is 21.9 Å². The number of carbonyl (C=O) groups excluding carboxylic acids is 1. The van der Waals surface area contributed by atoms with Crippen molar-refractivity contribution in [3.8, 4) is 22.6 Å². The van der Waals surface area contributed by atoms with Crippen LogP contribution in [0.1, 0.15) is 17.3 Å². The number of esters is 1. The van der Waals surface area contributed by atoms with Crippen LogP contribution in [-0.4, -0.2) is 26.8 Å². The SMILES string of the molecule is CCOC(=O)c1ccc2cc(OC)c(OC)cc2c1-c1ccccc1. The molecular weight excluding hydrogens is 316 g/mol. The zero-order valence-electron chi connectivity index (χ0n) is 14.5. The molecule has 0 unspecified atom stereocenters. The normalized spacial score (nSPS) is 10.5. The third-order valence-corrected chi connectivity index (χ3v) is 4.08. The Morgan fingerprint density at radius 2 is 1.60 bits per heavy atom. The molecule has 0 atom stereocenters. The summed E-state index contributed by atoms with van der Waals surface area (Å²) in [5.74, 6) is 0.934. The van der Waals surface area contributed by atoms with Gasteiger partial charge in [0.15, 0.2) is 11.5 Å². The Balaban J connectivity index is 2.35. The van der Waals surface area contributed by atoms with Crippen molar-refractivity contribution in [3.63, 3.8) is 0 Å². The summed E-state index contributed by atoms with van der Waals surface area (Å²) in [5.41, 5.74) is 2.31. The molecule has 0 aliphatic carbocycles. The average molecular weight is 336 g/mol. The molecule has 25 heavy (non-hydrogen) atoms. The Morgan fingerprint density at radius 1 is 0.920 bits per heavy atom. The highest BCUT2D eigenvalue weighted by atomic mass is 16.5. The lowest BCUT2D eigenvalue weighted by Gasteiger charge is -2.15. The molecule has 3 aromatic rings. The van der Waals surface area contributed by atoms with Crippen LogP contribution in [-0.2, 0) is 4.74 Å². The second kappa shape index (κ2) is 7.26.